The third kappa shape index (κ3) is 14.1. The molecule has 0 radical (unpaired) electrons. The summed E-state index contributed by atoms with van der Waals surface area (Å²) in [6.45, 7) is 4.48. The number of pyridine rings is 1. The highest BCUT2D eigenvalue weighted by atomic mass is 32.2. The minimum Gasteiger partial charge on any atom is -0.326 e. The molecule has 0 saturated carbocycles. The van der Waals surface area contributed by atoms with Crippen LogP contribution in [0.15, 0.2) is 24.4 Å². The van der Waals surface area contributed by atoms with Crippen molar-refractivity contribution >= 4 is 28.3 Å². The van der Waals surface area contributed by atoms with Crippen LogP contribution in [0.5, 0.6) is 0 Å². The first-order valence-corrected chi connectivity index (χ1v) is 9.21. The van der Waals surface area contributed by atoms with Gasteiger partial charge in [-0.1, -0.05) is 19.9 Å². The predicted molar refractivity (Wildman–Crippen MR) is 78.8 cm³/mol. The van der Waals surface area contributed by atoms with Crippen LogP contribution in [0.1, 0.15) is 19.5 Å². The molecule has 6 nitrogen and oxygen atoms in total. The van der Waals surface area contributed by atoms with Crippen molar-refractivity contribution in [3.8, 4) is 0 Å². The van der Waals surface area contributed by atoms with Crippen LogP contribution >= 0.6 is 28.3 Å². The van der Waals surface area contributed by atoms with Gasteiger partial charge in [0, 0.05) is 11.9 Å². The zero-order valence-electron chi connectivity index (χ0n) is 10.8. The second kappa shape index (κ2) is 11.6. The first-order valence-electron chi connectivity index (χ1n) is 5.53. The van der Waals surface area contributed by atoms with E-state index in [-0.39, 0.29) is 0 Å². The van der Waals surface area contributed by atoms with Crippen molar-refractivity contribution in [2.24, 2.45) is 5.92 Å². The quantitative estimate of drug-likeness (QED) is 0.775. The van der Waals surface area contributed by atoms with Gasteiger partial charge in [-0.2, -0.15) is 11.8 Å². The second-order valence-electron chi connectivity index (χ2n) is 3.86. The molecule has 0 aliphatic heterocycles. The Kier molecular flexibility index (Phi) is 11.6. The Hall–Kier alpha value is -0.160. The lowest BCUT2D eigenvalue weighted by Crippen LogP contribution is -1.92. The molecule has 0 aliphatic carbocycles. The number of aromatic nitrogens is 1. The first kappa shape index (κ1) is 18.8. The maximum absolute atomic E-state index is 9.44. The van der Waals surface area contributed by atoms with Crippen LogP contribution in [0.4, 0.5) is 0 Å². The van der Waals surface area contributed by atoms with Gasteiger partial charge in [0.1, 0.15) is 0 Å². The van der Waals surface area contributed by atoms with E-state index in [1.807, 2.05) is 30.1 Å². The summed E-state index contributed by atoms with van der Waals surface area (Å²) >= 11 is 1.95. The molecule has 2 atom stereocenters. The van der Waals surface area contributed by atoms with Gasteiger partial charge in [0.25, 0.3) is 0 Å². The SMILES string of the molecule is CC(C)CSCc1ccccn1.O=[PH](O)O[PH](=O)O. The molecule has 110 valence electrons. The molecule has 19 heavy (non-hydrogen) atoms. The van der Waals surface area contributed by atoms with Gasteiger partial charge in [0.2, 0.25) is 0 Å². The van der Waals surface area contributed by atoms with Gasteiger partial charge < -0.3 is 9.79 Å². The Balaban J connectivity index is 0.000000399. The predicted octanol–water partition coefficient (Wildman–Crippen LogP) is 2.74. The molecule has 1 aromatic heterocycles. The van der Waals surface area contributed by atoms with Crippen molar-refractivity contribution in [3.63, 3.8) is 0 Å². The number of nitrogens with zero attached hydrogens (tertiary/aromatic N) is 1. The Morgan fingerprint density at radius 2 is 1.95 bits per heavy atom. The van der Waals surface area contributed by atoms with Gasteiger partial charge >= 0.3 is 16.5 Å². The van der Waals surface area contributed by atoms with E-state index in [4.69, 9.17) is 9.79 Å². The van der Waals surface area contributed by atoms with Crippen LogP contribution < -0.4 is 0 Å². The van der Waals surface area contributed by atoms with Crippen LogP contribution in [-0.4, -0.2) is 20.5 Å². The molecule has 0 spiro atoms. The number of hydrogen-bond donors (Lipinski definition) is 2. The van der Waals surface area contributed by atoms with E-state index in [9.17, 15) is 9.13 Å². The highest BCUT2D eigenvalue weighted by molar-refractivity contribution is 7.98. The minimum absolute atomic E-state index is 0.777. The van der Waals surface area contributed by atoms with E-state index in [0.29, 0.717) is 0 Å². The van der Waals surface area contributed by atoms with Crippen LogP contribution in [0.25, 0.3) is 0 Å². The zero-order chi connectivity index (χ0) is 14.7. The van der Waals surface area contributed by atoms with Crippen molar-refractivity contribution in [3.05, 3.63) is 30.1 Å². The van der Waals surface area contributed by atoms with Crippen molar-refractivity contribution in [2.45, 2.75) is 19.6 Å². The lowest BCUT2D eigenvalue weighted by Gasteiger charge is -2.03. The molecule has 0 amide bonds. The Morgan fingerprint density at radius 3 is 2.32 bits per heavy atom. The van der Waals surface area contributed by atoms with E-state index in [0.717, 1.165) is 11.7 Å². The number of thioether (sulfide) groups is 1. The third-order valence-corrected chi connectivity index (χ3v) is 4.40. The Labute approximate surface area is 118 Å². The summed E-state index contributed by atoms with van der Waals surface area (Å²) in [5.41, 5.74) is 1.18. The molecule has 1 rings (SSSR count). The molecule has 0 aliphatic rings. The number of rotatable bonds is 6. The second-order valence-corrected chi connectivity index (χ2v) is 6.77. The average Bonchev–Trinajstić information content (AvgIpc) is 2.28. The van der Waals surface area contributed by atoms with Gasteiger partial charge in [-0.25, -0.2) is 4.31 Å². The van der Waals surface area contributed by atoms with Crippen molar-refractivity contribution in [2.75, 3.05) is 5.75 Å². The first-order chi connectivity index (χ1) is 8.91. The van der Waals surface area contributed by atoms with Crippen LogP contribution in [0, 0.1) is 5.92 Å². The number of hydrogen-bond acceptors (Lipinski definition) is 5. The molecule has 1 aromatic rings. The standard InChI is InChI=1S/C10H15NS.H4O5P2/c1-9(2)7-12-8-10-5-3-4-6-11-10;1-6(2)5-7(3)4/h3-6,9H,7-8H2,1-2H3;6-7H,(H,1,2)(H,3,4). The normalized spacial score (nSPS) is 13.5. The Bertz CT molecular complexity index is 379. The molecule has 2 N–H and O–H groups in total. The summed E-state index contributed by atoms with van der Waals surface area (Å²) in [4.78, 5) is 19.7. The van der Waals surface area contributed by atoms with Crippen molar-refractivity contribution in [1.82, 2.24) is 4.98 Å². The highest BCUT2D eigenvalue weighted by Crippen LogP contribution is 2.30. The smallest absolute Gasteiger partial charge is 0.323 e. The molecule has 1 heterocycles. The fraction of sp³-hybridized carbons (Fsp3) is 0.500. The molecule has 9 heteroatoms. The average molecular weight is 327 g/mol. The maximum Gasteiger partial charge on any atom is 0.323 e. The van der Waals surface area contributed by atoms with Crippen molar-refractivity contribution in [1.29, 1.82) is 0 Å². The van der Waals surface area contributed by atoms with Crippen LogP contribution in [0.3, 0.4) is 0 Å². The van der Waals surface area contributed by atoms with Gasteiger partial charge in [0.05, 0.1) is 5.69 Å². The fourth-order valence-electron chi connectivity index (χ4n) is 0.957. The zero-order valence-corrected chi connectivity index (χ0v) is 13.6. The monoisotopic (exact) mass is 327 g/mol. The summed E-state index contributed by atoms with van der Waals surface area (Å²) < 4.78 is 22.3. The lowest BCUT2D eigenvalue weighted by atomic mass is 10.3. The fourth-order valence-corrected chi connectivity index (χ4v) is 2.52. The summed E-state index contributed by atoms with van der Waals surface area (Å²) in [7, 11) is -6.40. The summed E-state index contributed by atoms with van der Waals surface area (Å²) in [5.74, 6) is 3.04. The van der Waals surface area contributed by atoms with E-state index < -0.39 is 16.5 Å². The van der Waals surface area contributed by atoms with Crippen molar-refractivity contribution < 1.29 is 23.2 Å². The van der Waals surface area contributed by atoms with E-state index in [2.05, 4.69) is 29.2 Å². The van der Waals surface area contributed by atoms with Gasteiger partial charge in [-0.3, -0.25) is 14.1 Å². The lowest BCUT2D eigenvalue weighted by molar-refractivity contribution is 0.371. The molecular formula is C10H19NO5P2S. The summed E-state index contributed by atoms with van der Waals surface area (Å²) in [6, 6.07) is 6.07. The molecule has 0 saturated heterocycles. The van der Waals surface area contributed by atoms with E-state index in [1.165, 1.54) is 11.4 Å². The molecule has 0 fully saturated rings. The van der Waals surface area contributed by atoms with E-state index in [1.54, 1.807) is 0 Å². The largest absolute Gasteiger partial charge is 0.326 e. The van der Waals surface area contributed by atoms with Gasteiger partial charge in [0.15, 0.2) is 0 Å². The molecule has 0 aromatic carbocycles. The van der Waals surface area contributed by atoms with Crippen LogP contribution in [0.2, 0.25) is 0 Å². The van der Waals surface area contributed by atoms with Gasteiger partial charge in [-0.05, 0) is 23.8 Å². The van der Waals surface area contributed by atoms with E-state index >= 15 is 0 Å². The van der Waals surface area contributed by atoms with Crippen LogP contribution in [-0.2, 0) is 19.2 Å². The highest BCUT2D eigenvalue weighted by Gasteiger charge is 1.96. The summed E-state index contributed by atoms with van der Waals surface area (Å²) in [5, 5.41) is 0. The molecular weight excluding hydrogens is 308 g/mol. The van der Waals surface area contributed by atoms with Gasteiger partial charge in [-0.15, -0.1) is 0 Å². The topological polar surface area (TPSA) is 96.7 Å². The summed E-state index contributed by atoms with van der Waals surface area (Å²) in [6.07, 6.45) is 1.85. The maximum atomic E-state index is 9.44. The molecule has 0 bridgehead atoms. The minimum atomic E-state index is -3.20. The molecule has 2 unspecified atom stereocenters. The third-order valence-electron chi connectivity index (χ3n) is 1.60. The Morgan fingerprint density at radius 1 is 1.32 bits per heavy atom.